The predicted molar refractivity (Wildman–Crippen MR) is 70.0 cm³/mol. The fourth-order valence-corrected chi connectivity index (χ4v) is 2.86. The minimum Gasteiger partial charge on any atom is -0.398 e. The molecule has 2 heterocycles. The van der Waals surface area contributed by atoms with Crippen LogP contribution in [0.3, 0.4) is 0 Å². The van der Waals surface area contributed by atoms with Gasteiger partial charge in [0.2, 0.25) is 0 Å². The molecule has 2 aliphatic rings. The van der Waals surface area contributed by atoms with Crippen LogP contribution in [0, 0.1) is 0 Å². The second kappa shape index (κ2) is 4.88. The van der Waals surface area contributed by atoms with Crippen LogP contribution >= 0.6 is 0 Å². The lowest BCUT2D eigenvalue weighted by molar-refractivity contribution is -0.190. The van der Waals surface area contributed by atoms with Gasteiger partial charge >= 0.3 is 0 Å². The zero-order valence-corrected chi connectivity index (χ0v) is 10.6. The molecule has 1 aromatic rings. The molecule has 2 aliphatic heterocycles. The summed E-state index contributed by atoms with van der Waals surface area (Å²) in [4.78, 5) is 2.38. The minimum absolute atomic E-state index is 0.345. The number of nitrogens with two attached hydrogens (primary N) is 1. The number of ether oxygens (including phenoxy) is 2. The average Bonchev–Trinajstić information content (AvgIpc) is 2.80. The molecule has 0 radical (unpaired) electrons. The molecule has 2 N–H and O–H groups in total. The number of piperidine rings is 1. The van der Waals surface area contributed by atoms with Crippen LogP contribution in [0.5, 0.6) is 0 Å². The molecule has 2 fully saturated rings. The van der Waals surface area contributed by atoms with Crippen LogP contribution in [0.25, 0.3) is 0 Å². The highest BCUT2D eigenvalue weighted by atomic mass is 16.7. The van der Waals surface area contributed by atoms with Crippen LogP contribution < -0.4 is 5.73 Å². The van der Waals surface area contributed by atoms with E-state index in [1.807, 2.05) is 18.2 Å². The number of benzene rings is 1. The second-order valence-corrected chi connectivity index (χ2v) is 5.12. The molecule has 0 aliphatic carbocycles. The Morgan fingerprint density at radius 1 is 1.22 bits per heavy atom. The number of para-hydroxylation sites is 1. The Kier molecular flexibility index (Phi) is 3.24. The quantitative estimate of drug-likeness (QED) is 0.808. The number of anilines is 1. The van der Waals surface area contributed by atoms with E-state index >= 15 is 0 Å². The van der Waals surface area contributed by atoms with E-state index in [-0.39, 0.29) is 5.79 Å². The molecule has 3 rings (SSSR count). The molecule has 18 heavy (non-hydrogen) atoms. The number of nitrogens with zero attached hydrogens (tertiary/aromatic N) is 1. The first-order valence-electron chi connectivity index (χ1n) is 6.61. The van der Waals surface area contributed by atoms with E-state index in [1.165, 1.54) is 5.56 Å². The summed E-state index contributed by atoms with van der Waals surface area (Å²) in [6, 6.07) is 8.05. The fourth-order valence-electron chi connectivity index (χ4n) is 2.86. The van der Waals surface area contributed by atoms with Gasteiger partial charge in [0, 0.05) is 18.7 Å². The third kappa shape index (κ3) is 2.36. The van der Waals surface area contributed by atoms with Gasteiger partial charge in [0.05, 0.1) is 19.8 Å². The topological polar surface area (TPSA) is 47.7 Å². The molecular weight excluding hydrogens is 228 g/mol. The number of hydrogen-bond donors (Lipinski definition) is 1. The summed E-state index contributed by atoms with van der Waals surface area (Å²) in [5.41, 5.74) is 8.05. The molecule has 2 saturated heterocycles. The van der Waals surface area contributed by atoms with Crippen LogP contribution in [0.2, 0.25) is 0 Å². The summed E-state index contributed by atoms with van der Waals surface area (Å²) in [6.07, 6.45) is 2.13. The Morgan fingerprint density at radius 2 is 2.00 bits per heavy atom. The van der Waals surface area contributed by atoms with Gasteiger partial charge in [0.25, 0.3) is 0 Å². The Labute approximate surface area is 108 Å². The summed E-state index contributed by atoms with van der Waals surface area (Å²) in [5, 5.41) is 0. The zero-order chi connectivity index (χ0) is 12.4. The van der Waals surface area contributed by atoms with Crippen molar-refractivity contribution in [2.75, 3.05) is 32.0 Å². The van der Waals surface area contributed by atoms with Crippen LogP contribution in [-0.4, -0.2) is 37.0 Å². The Balaban J connectivity index is 1.68. The lowest BCUT2D eigenvalue weighted by atomic mass is 10.0. The summed E-state index contributed by atoms with van der Waals surface area (Å²) in [5.74, 6) is -0.345. The van der Waals surface area contributed by atoms with E-state index in [4.69, 9.17) is 15.2 Å². The highest BCUT2D eigenvalue weighted by Crippen LogP contribution is 2.31. The first-order chi connectivity index (χ1) is 8.77. The lowest BCUT2D eigenvalue weighted by Crippen LogP contribution is -2.48. The Morgan fingerprint density at radius 3 is 2.78 bits per heavy atom. The second-order valence-electron chi connectivity index (χ2n) is 5.12. The van der Waals surface area contributed by atoms with Gasteiger partial charge in [-0.3, -0.25) is 4.90 Å². The third-order valence-corrected chi connectivity index (χ3v) is 3.76. The van der Waals surface area contributed by atoms with Crippen molar-refractivity contribution in [2.24, 2.45) is 0 Å². The maximum Gasteiger partial charge on any atom is 0.181 e. The Bertz CT molecular complexity index is 416. The molecular formula is C14H20N2O2. The predicted octanol–water partition coefficient (Wildman–Crippen LogP) is 1.61. The average molecular weight is 248 g/mol. The highest BCUT2D eigenvalue weighted by Gasteiger charge is 2.40. The van der Waals surface area contributed by atoms with Crippen molar-refractivity contribution in [1.29, 1.82) is 0 Å². The molecule has 4 heteroatoms. The fraction of sp³-hybridized carbons (Fsp3) is 0.571. The van der Waals surface area contributed by atoms with Crippen molar-refractivity contribution >= 4 is 5.69 Å². The summed E-state index contributed by atoms with van der Waals surface area (Å²) < 4.78 is 11.6. The zero-order valence-electron chi connectivity index (χ0n) is 10.6. The van der Waals surface area contributed by atoms with Crippen LogP contribution in [0.1, 0.15) is 18.4 Å². The SMILES string of the molecule is Nc1ccccc1CN1CCCC2(C1)OCCO2. The van der Waals surface area contributed by atoms with Gasteiger partial charge < -0.3 is 15.2 Å². The molecule has 0 unspecified atom stereocenters. The van der Waals surface area contributed by atoms with Gasteiger partial charge in [-0.1, -0.05) is 18.2 Å². The molecule has 0 aromatic heterocycles. The molecule has 1 aromatic carbocycles. The first-order valence-corrected chi connectivity index (χ1v) is 6.61. The number of nitrogen functional groups attached to an aromatic ring is 1. The van der Waals surface area contributed by atoms with Crippen LogP contribution in [-0.2, 0) is 16.0 Å². The first kappa shape index (κ1) is 12.0. The van der Waals surface area contributed by atoms with E-state index in [1.54, 1.807) is 0 Å². The third-order valence-electron chi connectivity index (χ3n) is 3.76. The molecule has 4 nitrogen and oxygen atoms in total. The van der Waals surface area contributed by atoms with Gasteiger partial charge in [-0.2, -0.15) is 0 Å². The maximum atomic E-state index is 5.99. The maximum absolute atomic E-state index is 5.99. The van der Waals surface area contributed by atoms with E-state index < -0.39 is 0 Å². The van der Waals surface area contributed by atoms with E-state index in [0.717, 1.165) is 51.4 Å². The Hall–Kier alpha value is -1.10. The molecule has 0 bridgehead atoms. The van der Waals surface area contributed by atoms with Crippen molar-refractivity contribution in [3.8, 4) is 0 Å². The van der Waals surface area contributed by atoms with Gasteiger partial charge in [-0.05, 0) is 24.6 Å². The van der Waals surface area contributed by atoms with Crippen molar-refractivity contribution < 1.29 is 9.47 Å². The summed E-state index contributed by atoms with van der Waals surface area (Å²) in [6.45, 7) is 4.26. The van der Waals surface area contributed by atoms with Crippen LogP contribution in [0.15, 0.2) is 24.3 Å². The smallest absolute Gasteiger partial charge is 0.181 e. The van der Waals surface area contributed by atoms with Gasteiger partial charge in [0.15, 0.2) is 5.79 Å². The normalized spacial score (nSPS) is 23.6. The van der Waals surface area contributed by atoms with Gasteiger partial charge in [0.1, 0.15) is 0 Å². The van der Waals surface area contributed by atoms with Crippen molar-refractivity contribution in [3.63, 3.8) is 0 Å². The summed E-state index contributed by atoms with van der Waals surface area (Å²) in [7, 11) is 0. The number of likely N-dealkylation sites (tertiary alicyclic amines) is 1. The minimum atomic E-state index is -0.345. The molecule has 1 spiro atoms. The molecule has 0 amide bonds. The lowest BCUT2D eigenvalue weighted by Gasteiger charge is -2.38. The van der Waals surface area contributed by atoms with Crippen molar-refractivity contribution in [3.05, 3.63) is 29.8 Å². The van der Waals surface area contributed by atoms with Gasteiger partial charge in [-0.15, -0.1) is 0 Å². The highest BCUT2D eigenvalue weighted by molar-refractivity contribution is 5.46. The van der Waals surface area contributed by atoms with Crippen LogP contribution in [0.4, 0.5) is 5.69 Å². The number of rotatable bonds is 2. The molecule has 0 atom stereocenters. The number of hydrogen-bond acceptors (Lipinski definition) is 4. The molecule has 0 saturated carbocycles. The van der Waals surface area contributed by atoms with Crippen molar-refractivity contribution in [1.82, 2.24) is 4.90 Å². The monoisotopic (exact) mass is 248 g/mol. The standard InChI is InChI=1S/C14H20N2O2/c15-13-5-2-1-4-12(13)10-16-7-3-6-14(11-16)17-8-9-18-14/h1-2,4-5H,3,6-11,15H2. The molecule has 98 valence electrons. The summed E-state index contributed by atoms with van der Waals surface area (Å²) >= 11 is 0. The van der Waals surface area contributed by atoms with Gasteiger partial charge in [-0.25, -0.2) is 0 Å². The largest absolute Gasteiger partial charge is 0.398 e. The van der Waals surface area contributed by atoms with E-state index in [9.17, 15) is 0 Å². The van der Waals surface area contributed by atoms with E-state index in [0.29, 0.717) is 0 Å². The van der Waals surface area contributed by atoms with E-state index in [2.05, 4.69) is 11.0 Å². The van der Waals surface area contributed by atoms with Crippen molar-refractivity contribution in [2.45, 2.75) is 25.2 Å².